The van der Waals surface area contributed by atoms with E-state index in [-0.39, 0.29) is 17.8 Å². The highest BCUT2D eigenvalue weighted by molar-refractivity contribution is 6.07. The van der Waals surface area contributed by atoms with Crippen LogP contribution in [0, 0.1) is 5.82 Å². The van der Waals surface area contributed by atoms with E-state index in [2.05, 4.69) is 10.3 Å². The molecule has 0 fully saturated rings. The molecule has 1 unspecified atom stereocenters. The van der Waals surface area contributed by atoms with Crippen molar-refractivity contribution in [3.63, 3.8) is 0 Å². The van der Waals surface area contributed by atoms with Gasteiger partial charge < -0.3 is 9.73 Å². The molecule has 30 heavy (non-hydrogen) atoms. The Morgan fingerprint density at radius 1 is 1.10 bits per heavy atom. The number of para-hydroxylation sites is 1. The van der Waals surface area contributed by atoms with Gasteiger partial charge in [-0.1, -0.05) is 18.2 Å². The van der Waals surface area contributed by atoms with Crippen LogP contribution in [0.5, 0.6) is 0 Å². The molecular formula is C24H22FN3O2. The number of halogens is 1. The summed E-state index contributed by atoms with van der Waals surface area (Å²) in [6, 6.07) is 19.0. The summed E-state index contributed by atoms with van der Waals surface area (Å²) in [6.07, 6.45) is 1.62. The number of amides is 1. The van der Waals surface area contributed by atoms with Crippen molar-refractivity contribution in [2.75, 3.05) is 20.6 Å². The summed E-state index contributed by atoms with van der Waals surface area (Å²) in [7, 11) is 3.88. The summed E-state index contributed by atoms with van der Waals surface area (Å²) in [5, 5.41) is 3.78. The highest BCUT2D eigenvalue weighted by atomic mass is 19.1. The molecule has 0 bridgehead atoms. The monoisotopic (exact) mass is 403 g/mol. The lowest BCUT2D eigenvalue weighted by Gasteiger charge is -2.22. The Bertz CT molecular complexity index is 1160. The number of nitrogens with zero attached hydrogens (tertiary/aromatic N) is 2. The molecule has 2 heterocycles. The summed E-state index contributed by atoms with van der Waals surface area (Å²) in [5.74, 6) is 0.271. The van der Waals surface area contributed by atoms with Crippen molar-refractivity contribution in [1.82, 2.24) is 15.2 Å². The number of benzene rings is 2. The number of carbonyl (C=O) groups is 1. The van der Waals surface area contributed by atoms with Gasteiger partial charge in [0.1, 0.15) is 11.6 Å². The second-order valence-corrected chi connectivity index (χ2v) is 7.28. The van der Waals surface area contributed by atoms with Crippen molar-refractivity contribution in [3.05, 3.63) is 90.1 Å². The molecule has 2 aromatic carbocycles. The van der Waals surface area contributed by atoms with Crippen LogP contribution in [0.4, 0.5) is 4.39 Å². The summed E-state index contributed by atoms with van der Waals surface area (Å²) in [5.41, 5.74) is 2.60. The maximum atomic E-state index is 13.3. The number of furan rings is 1. The first-order valence-electron chi connectivity index (χ1n) is 9.66. The third-order valence-electron chi connectivity index (χ3n) is 5.05. The molecule has 0 radical (unpaired) electrons. The number of hydrogen-bond donors (Lipinski definition) is 1. The Hall–Kier alpha value is -3.51. The van der Waals surface area contributed by atoms with Gasteiger partial charge in [0.25, 0.3) is 5.91 Å². The summed E-state index contributed by atoms with van der Waals surface area (Å²) < 4.78 is 18.8. The Kier molecular flexibility index (Phi) is 5.59. The van der Waals surface area contributed by atoms with Crippen molar-refractivity contribution in [3.8, 4) is 11.3 Å². The van der Waals surface area contributed by atoms with Gasteiger partial charge in [-0.25, -0.2) is 9.37 Å². The lowest BCUT2D eigenvalue weighted by molar-refractivity contribution is 0.0940. The maximum absolute atomic E-state index is 13.3. The fourth-order valence-electron chi connectivity index (χ4n) is 3.43. The molecule has 5 nitrogen and oxygen atoms in total. The predicted octanol–water partition coefficient (Wildman–Crippen LogP) is 4.67. The van der Waals surface area contributed by atoms with E-state index in [1.165, 1.54) is 12.1 Å². The van der Waals surface area contributed by atoms with Gasteiger partial charge in [0.15, 0.2) is 0 Å². The normalized spacial score (nSPS) is 12.3. The Labute approximate surface area is 174 Å². The van der Waals surface area contributed by atoms with Crippen LogP contribution in [0.1, 0.15) is 22.2 Å². The van der Waals surface area contributed by atoms with Crippen LogP contribution in [0.15, 0.2) is 77.4 Å². The zero-order valence-corrected chi connectivity index (χ0v) is 16.8. The number of rotatable bonds is 6. The highest BCUT2D eigenvalue weighted by Crippen LogP contribution is 2.25. The first-order chi connectivity index (χ1) is 14.5. The highest BCUT2D eigenvalue weighted by Gasteiger charge is 2.20. The SMILES string of the molecule is CN(C)C(CNC(=O)c1cc(-c2ccc(F)cc2)nc2ccccc12)c1ccco1. The largest absolute Gasteiger partial charge is 0.468 e. The molecule has 0 spiro atoms. The van der Waals surface area contributed by atoms with E-state index >= 15 is 0 Å². The van der Waals surface area contributed by atoms with Gasteiger partial charge in [-0.15, -0.1) is 0 Å². The topological polar surface area (TPSA) is 58.4 Å². The first-order valence-corrected chi connectivity index (χ1v) is 9.66. The van der Waals surface area contributed by atoms with E-state index in [0.29, 0.717) is 23.3 Å². The molecule has 152 valence electrons. The molecule has 0 saturated carbocycles. The van der Waals surface area contributed by atoms with E-state index in [0.717, 1.165) is 16.7 Å². The molecule has 6 heteroatoms. The molecule has 0 aliphatic rings. The maximum Gasteiger partial charge on any atom is 0.252 e. The van der Waals surface area contributed by atoms with Crippen LogP contribution >= 0.6 is 0 Å². The number of fused-ring (bicyclic) bond motifs is 1. The second kappa shape index (κ2) is 8.47. The van der Waals surface area contributed by atoms with Crippen LogP contribution in [-0.2, 0) is 0 Å². The van der Waals surface area contributed by atoms with E-state index in [1.54, 1.807) is 24.5 Å². The Morgan fingerprint density at radius 2 is 1.87 bits per heavy atom. The molecule has 1 amide bonds. The molecule has 0 aliphatic heterocycles. The smallest absolute Gasteiger partial charge is 0.252 e. The van der Waals surface area contributed by atoms with Crippen molar-refractivity contribution < 1.29 is 13.6 Å². The average Bonchev–Trinajstić information content (AvgIpc) is 3.27. The second-order valence-electron chi connectivity index (χ2n) is 7.28. The lowest BCUT2D eigenvalue weighted by atomic mass is 10.0. The summed E-state index contributed by atoms with van der Waals surface area (Å²) >= 11 is 0. The lowest BCUT2D eigenvalue weighted by Crippen LogP contribution is -2.34. The third-order valence-corrected chi connectivity index (χ3v) is 5.05. The fourth-order valence-corrected chi connectivity index (χ4v) is 3.43. The Balaban J connectivity index is 1.66. The van der Waals surface area contributed by atoms with E-state index < -0.39 is 0 Å². The molecule has 4 aromatic rings. The molecule has 1 atom stereocenters. The van der Waals surface area contributed by atoms with E-state index in [9.17, 15) is 9.18 Å². The Morgan fingerprint density at radius 3 is 2.57 bits per heavy atom. The summed E-state index contributed by atoms with van der Waals surface area (Å²) in [4.78, 5) is 19.8. The number of carbonyl (C=O) groups excluding carboxylic acids is 1. The van der Waals surface area contributed by atoms with Gasteiger partial charge in [0.2, 0.25) is 0 Å². The predicted molar refractivity (Wildman–Crippen MR) is 115 cm³/mol. The molecule has 0 aliphatic carbocycles. The standard InChI is InChI=1S/C24H22FN3O2/c1-28(2)22(23-8-5-13-30-23)15-26-24(29)19-14-21(16-9-11-17(25)12-10-16)27-20-7-4-3-6-18(19)20/h3-14,22H,15H2,1-2H3,(H,26,29). The third kappa shape index (κ3) is 4.09. The van der Waals surface area contributed by atoms with Gasteiger partial charge >= 0.3 is 0 Å². The van der Waals surface area contributed by atoms with Crippen molar-refractivity contribution >= 4 is 16.8 Å². The zero-order valence-electron chi connectivity index (χ0n) is 16.8. The van der Waals surface area contributed by atoms with E-state index in [4.69, 9.17) is 4.42 Å². The van der Waals surface area contributed by atoms with Crippen molar-refractivity contribution in [2.24, 2.45) is 0 Å². The number of pyridine rings is 1. The number of aromatic nitrogens is 1. The molecule has 2 aromatic heterocycles. The van der Waals surface area contributed by atoms with Gasteiger partial charge in [-0.05, 0) is 62.6 Å². The van der Waals surface area contributed by atoms with Crippen molar-refractivity contribution in [2.45, 2.75) is 6.04 Å². The number of likely N-dealkylation sites (N-methyl/N-ethyl adjacent to an activating group) is 1. The molecule has 4 rings (SSSR count). The minimum Gasteiger partial charge on any atom is -0.468 e. The zero-order chi connectivity index (χ0) is 21.1. The van der Waals surface area contributed by atoms with Crippen LogP contribution in [0.25, 0.3) is 22.2 Å². The van der Waals surface area contributed by atoms with Crippen LogP contribution in [0.3, 0.4) is 0 Å². The first kappa shape index (κ1) is 19.8. The van der Waals surface area contributed by atoms with Gasteiger partial charge in [0.05, 0.1) is 29.1 Å². The molecule has 0 saturated heterocycles. The van der Waals surface area contributed by atoms with Gasteiger partial charge in [-0.2, -0.15) is 0 Å². The number of hydrogen-bond acceptors (Lipinski definition) is 4. The summed E-state index contributed by atoms with van der Waals surface area (Å²) in [6.45, 7) is 0.391. The van der Waals surface area contributed by atoms with Gasteiger partial charge in [-0.3, -0.25) is 9.69 Å². The molecule has 1 N–H and O–H groups in total. The average molecular weight is 403 g/mol. The van der Waals surface area contributed by atoms with Crippen LogP contribution < -0.4 is 5.32 Å². The number of nitrogens with one attached hydrogen (secondary N) is 1. The minimum atomic E-state index is -0.315. The fraction of sp³-hybridized carbons (Fsp3) is 0.167. The van der Waals surface area contributed by atoms with Gasteiger partial charge in [0, 0.05) is 17.5 Å². The van der Waals surface area contributed by atoms with Crippen molar-refractivity contribution in [1.29, 1.82) is 0 Å². The van der Waals surface area contributed by atoms with Crippen LogP contribution in [-0.4, -0.2) is 36.4 Å². The minimum absolute atomic E-state index is 0.0892. The van der Waals surface area contributed by atoms with Crippen LogP contribution in [0.2, 0.25) is 0 Å². The van der Waals surface area contributed by atoms with E-state index in [1.807, 2.05) is 55.4 Å². The molecular weight excluding hydrogens is 381 g/mol. The quantitative estimate of drug-likeness (QED) is 0.508.